The molecule has 0 aliphatic heterocycles. The fraction of sp³-hybridized carbons (Fsp3) is 0.471. The van der Waals surface area contributed by atoms with Gasteiger partial charge in [0, 0.05) is 5.56 Å². The van der Waals surface area contributed by atoms with E-state index in [0.717, 1.165) is 5.56 Å². The summed E-state index contributed by atoms with van der Waals surface area (Å²) in [6, 6.07) is 7.41. The molecule has 1 rings (SSSR count). The second-order valence-electron chi connectivity index (χ2n) is 4.82. The van der Waals surface area contributed by atoms with Crippen LogP contribution in [0.2, 0.25) is 0 Å². The van der Waals surface area contributed by atoms with Gasteiger partial charge in [0.2, 0.25) is 0 Å². The summed E-state index contributed by atoms with van der Waals surface area (Å²) in [4.78, 5) is 11.6. The third kappa shape index (κ3) is 6.87. The van der Waals surface area contributed by atoms with Gasteiger partial charge in [-0.3, -0.25) is 13.8 Å². The predicted molar refractivity (Wildman–Crippen MR) is 92.3 cm³/mol. The number of esters is 1. The van der Waals surface area contributed by atoms with Crippen molar-refractivity contribution in [1.29, 1.82) is 0 Å². The molecular weight excluding hydrogens is 331 g/mol. The lowest BCUT2D eigenvalue weighted by molar-refractivity contribution is -0.142. The summed E-state index contributed by atoms with van der Waals surface area (Å²) in [7, 11) is -3.75. The van der Waals surface area contributed by atoms with Crippen LogP contribution in [-0.2, 0) is 27.7 Å². The molecule has 0 radical (unpaired) electrons. The molecule has 1 aromatic rings. The Bertz CT molecular complexity index is 584. The SMILES string of the molecule is CCOC(=O)C/C=C(\OP(=O)(OCC)OCC)c1ccc(C)cc1. The summed E-state index contributed by atoms with van der Waals surface area (Å²) in [6.07, 6.45) is 1.52. The molecule has 24 heavy (non-hydrogen) atoms. The van der Waals surface area contributed by atoms with Gasteiger partial charge in [0.25, 0.3) is 0 Å². The van der Waals surface area contributed by atoms with Gasteiger partial charge >= 0.3 is 13.8 Å². The average Bonchev–Trinajstić information content (AvgIpc) is 2.53. The standard InChI is InChI=1S/C17H25O6P/c1-5-20-17(18)13-12-16(15-10-8-14(4)9-11-15)23-24(19,21-6-2)22-7-3/h8-12H,5-7,13H2,1-4H3/b16-12-. The zero-order valence-corrected chi connectivity index (χ0v) is 15.5. The van der Waals surface area contributed by atoms with Crippen LogP contribution in [0.15, 0.2) is 30.3 Å². The van der Waals surface area contributed by atoms with Crippen molar-refractivity contribution >= 4 is 19.6 Å². The maximum Gasteiger partial charge on any atom is 0.530 e. The summed E-state index contributed by atoms with van der Waals surface area (Å²) >= 11 is 0. The molecule has 0 bridgehead atoms. The number of hydrogen-bond donors (Lipinski definition) is 0. The van der Waals surface area contributed by atoms with Crippen LogP contribution in [-0.4, -0.2) is 25.8 Å². The van der Waals surface area contributed by atoms with Gasteiger partial charge in [0.1, 0.15) is 5.76 Å². The molecule has 1 aromatic carbocycles. The highest BCUT2D eigenvalue weighted by molar-refractivity contribution is 7.48. The minimum Gasteiger partial charge on any atom is -0.466 e. The van der Waals surface area contributed by atoms with E-state index in [2.05, 4.69) is 0 Å². The molecule has 0 amide bonds. The number of rotatable bonds is 10. The molecule has 0 saturated carbocycles. The molecule has 134 valence electrons. The first-order chi connectivity index (χ1) is 11.4. The third-order valence-corrected chi connectivity index (χ3v) is 4.45. The fourth-order valence-electron chi connectivity index (χ4n) is 1.85. The Morgan fingerprint density at radius 3 is 2.12 bits per heavy atom. The lowest BCUT2D eigenvalue weighted by atomic mass is 10.1. The predicted octanol–water partition coefficient (Wildman–Crippen LogP) is 4.49. The Morgan fingerprint density at radius 2 is 1.62 bits per heavy atom. The van der Waals surface area contributed by atoms with Crippen LogP contribution < -0.4 is 0 Å². The van der Waals surface area contributed by atoms with E-state index >= 15 is 0 Å². The number of aryl methyl sites for hydroxylation is 1. The second kappa shape index (κ2) is 10.3. The minimum absolute atomic E-state index is 0.00466. The van der Waals surface area contributed by atoms with Crippen LogP contribution in [0.3, 0.4) is 0 Å². The van der Waals surface area contributed by atoms with E-state index in [1.807, 2.05) is 31.2 Å². The Morgan fingerprint density at radius 1 is 1.04 bits per heavy atom. The highest BCUT2D eigenvalue weighted by Crippen LogP contribution is 2.52. The molecule has 0 spiro atoms. The van der Waals surface area contributed by atoms with Gasteiger partial charge in [-0.15, -0.1) is 0 Å². The molecule has 0 heterocycles. The van der Waals surface area contributed by atoms with Gasteiger partial charge in [0.05, 0.1) is 26.2 Å². The zero-order chi connectivity index (χ0) is 18.0. The van der Waals surface area contributed by atoms with Crippen LogP contribution in [0.4, 0.5) is 0 Å². The fourth-order valence-corrected chi connectivity index (χ4v) is 3.08. The van der Waals surface area contributed by atoms with Crippen LogP contribution >= 0.6 is 7.82 Å². The van der Waals surface area contributed by atoms with Crippen molar-refractivity contribution < 1.29 is 27.7 Å². The van der Waals surface area contributed by atoms with Crippen molar-refractivity contribution in [3.63, 3.8) is 0 Å². The smallest absolute Gasteiger partial charge is 0.466 e. The maximum atomic E-state index is 12.6. The van der Waals surface area contributed by atoms with Crippen molar-refractivity contribution in [3.8, 4) is 0 Å². The number of carbonyl (C=O) groups is 1. The zero-order valence-electron chi connectivity index (χ0n) is 14.6. The van der Waals surface area contributed by atoms with Crippen molar-refractivity contribution in [3.05, 3.63) is 41.5 Å². The van der Waals surface area contributed by atoms with Gasteiger partial charge in [-0.25, -0.2) is 4.57 Å². The number of carbonyl (C=O) groups excluding carboxylic acids is 1. The molecular formula is C17H25O6P. The molecule has 6 nitrogen and oxygen atoms in total. The van der Waals surface area contributed by atoms with Crippen LogP contribution in [0.1, 0.15) is 38.3 Å². The number of phosphoric acid groups is 1. The highest BCUT2D eigenvalue weighted by atomic mass is 31.2. The van der Waals surface area contributed by atoms with Gasteiger partial charge in [-0.05, 0) is 33.8 Å². The van der Waals surface area contributed by atoms with Crippen molar-refractivity contribution in [2.45, 2.75) is 34.1 Å². The first-order valence-corrected chi connectivity index (χ1v) is 9.41. The quantitative estimate of drug-likeness (QED) is 0.349. The molecule has 0 aromatic heterocycles. The Hall–Kier alpha value is -1.62. The summed E-state index contributed by atoms with van der Waals surface area (Å²) in [5.74, 6) is -0.137. The molecule has 7 heteroatoms. The maximum absolute atomic E-state index is 12.6. The van der Waals surface area contributed by atoms with E-state index in [-0.39, 0.29) is 25.4 Å². The van der Waals surface area contributed by atoms with E-state index in [1.54, 1.807) is 20.8 Å². The third-order valence-electron chi connectivity index (χ3n) is 2.88. The number of phosphoric ester groups is 1. The van der Waals surface area contributed by atoms with Gasteiger partial charge in [-0.1, -0.05) is 29.8 Å². The molecule has 0 saturated heterocycles. The first-order valence-electron chi connectivity index (χ1n) is 7.95. The number of benzene rings is 1. The lowest BCUT2D eigenvalue weighted by Crippen LogP contribution is -2.04. The van der Waals surface area contributed by atoms with E-state index in [0.29, 0.717) is 12.2 Å². The number of ether oxygens (including phenoxy) is 1. The highest BCUT2D eigenvalue weighted by Gasteiger charge is 2.28. The number of hydrogen-bond acceptors (Lipinski definition) is 6. The Labute approximate surface area is 143 Å². The summed E-state index contributed by atoms with van der Waals surface area (Å²) in [5, 5.41) is 0. The van der Waals surface area contributed by atoms with Gasteiger partial charge < -0.3 is 9.26 Å². The van der Waals surface area contributed by atoms with Crippen molar-refractivity contribution in [1.82, 2.24) is 0 Å². The minimum atomic E-state index is -3.75. The monoisotopic (exact) mass is 356 g/mol. The summed E-state index contributed by atoms with van der Waals surface area (Å²) in [6.45, 7) is 7.73. The average molecular weight is 356 g/mol. The lowest BCUT2D eigenvalue weighted by Gasteiger charge is -2.19. The summed E-state index contributed by atoms with van der Waals surface area (Å²) in [5.41, 5.74) is 1.74. The Balaban J connectivity index is 3.07. The molecule has 0 unspecified atom stereocenters. The van der Waals surface area contributed by atoms with Crippen LogP contribution in [0, 0.1) is 6.92 Å². The normalized spacial score (nSPS) is 12.1. The van der Waals surface area contributed by atoms with E-state index < -0.39 is 13.8 Å². The molecule has 0 aliphatic carbocycles. The topological polar surface area (TPSA) is 71.1 Å². The van der Waals surface area contributed by atoms with Gasteiger partial charge in [0.15, 0.2) is 0 Å². The van der Waals surface area contributed by atoms with Gasteiger partial charge in [-0.2, -0.15) is 0 Å². The van der Waals surface area contributed by atoms with Crippen LogP contribution in [0.5, 0.6) is 0 Å². The second-order valence-corrected chi connectivity index (χ2v) is 6.41. The van der Waals surface area contributed by atoms with E-state index in [9.17, 15) is 9.36 Å². The van der Waals surface area contributed by atoms with Crippen molar-refractivity contribution in [2.75, 3.05) is 19.8 Å². The van der Waals surface area contributed by atoms with E-state index in [4.69, 9.17) is 18.3 Å². The largest absolute Gasteiger partial charge is 0.530 e. The molecule has 0 fully saturated rings. The van der Waals surface area contributed by atoms with Crippen molar-refractivity contribution in [2.24, 2.45) is 0 Å². The molecule has 0 atom stereocenters. The summed E-state index contributed by atoms with van der Waals surface area (Å²) < 4.78 is 33.4. The van der Waals surface area contributed by atoms with E-state index in [1.165, 1.54) is 6.08 Å². The molecule has 0 N–H and O–H groups in total. The Kier molecular flexibility index (Phi) is 8.76. The first kappa shape index (κ1) is 20.4. The van der Waals surface area contributed by atoms with Crippen LogP contribution in [0.25, 0.3) is 5.76 Å². The molecule has 0 aliphatic rings.